The van der Waals surface area contributed by atoms with Crippen LogP contribution in [0.15, 0.2) is 0 Å². The molecule has 6 rings (SSSR count). The van der Waals surface area contributed by atoms with E-state index in [1.165, 1.54) is 0 Å². The van der Waals surface area contributed by atoms with Crippen LogP contribution in [-0.2, 0) is 14.2 Å². The molecular weight excluding hydrogens is 398 g/mol. The second-order valence-corrected chi connectivity index (χ2v) is 11.6. The summed E-state index contributed by atoms with van der Waals surface area (Å²) in [6, 6.07) is 0.0561. The van der Waals surface area contributed by atoms with E-state index in [-0.39, 0.29) is 58.7 Å². The SMILES string of the molecule is CCN1C[C@]2(COC)CC[C@H](OC)[C@@]34[C@@H]2[C@@H](O)[C@@H]([C@@H]13)[C@]1(O)C[C@@H](OC)[C@@H]2C[C@H]4[C@H]1[C@H]2O. The first-order valence-corrected chi connectivity index (χ1v) is 12.2. The van der Waals surface area contributed by atoms with Crippen molar-refractivity contribution in [1.82, 2.24) is 4.90 Å². The Labute approximate surface area is 185 Å². The van der Waals surface area contributed by atoms with Gasteiger partial charge in [-0.3, -0.25) is 4.90 Å². The monoisotopic (exact) mass is 437 g/mol. The van der Waals surface area contributed by atoms with E-state index in [1.807, 2.05) is 7.11 Å². The van der Waals surface area contributed by atoms with Gasteiger partial charge < -0.3 is 29.5 Å². The van der Waals surface area contributed by atoms with Crippen LogP contribution >= 0.6 is 0 Å². The molecule has 6 fully saturated rings. The maximum atomic E-state index is 12.4. The Morgan fingerprint density at radius 3 is 2.48 bits per heavy atom. The Kier molecular flexibility index (Phi) is 4.56. The van der Waals surface area contributed by atoms with Gasteiger partial charge in [0.1, 0.15) is 0 Å². The quantitative estimate of drug-likeness (QED) is 0.577. The average molecular weight is 438 g/mol. The molecular formula is C24H39NO6. The van der Waals surface area contributed by atoms with E-state index in [9.17, 15) is 15.3 Å². The molecule has 7 nitrogen and oxygen atoms in total. The summed E-state index contributed by atoms with van der Waals surface area (Å²) < 4.78 is 17.9. The van der Waals surface area contributed by atoms with Gasteiger partial charge in [-0.05, 0) is 31.7 Å². The summed E-state index contributed by atoms with van der Waals surface area (Å²) in [5, 5.41) is 35.9. The lowest BCUT2D eigenvalue weighted by Gasteiger charge is -2.69. The van der Waals surface area contributed by atoms with E-state index in [2.05, 4.69) is 11.8 Å². The van der Waals surface area contributed by atoms with Gasteiger partial charge in [-0.1, -0.05) is 6.92 Å². The van der Waals surface area contributed by atoms with Gasteiger partial charge in [0, 0.05) is 74.8 Å². The first kappa shape index (κ1) is 21.3. The molecule has 1 heterocycles. The summed E-state index contributed by atoms with van der Waals surface area (Å²) >= 11 is 0. The van der Waals surface area contributed by atoms with Crippen molar-refractivity contribution in [1.29, 1.82) is 0 Å². The van der Waals surface area contributed by atoms with E-state index >= 15 is 0 Å². The van der Waals surface area contributed by atoms with E-state index in [4.69, 9.17) is 14.2 Å². The molecule has 176 valence electrons. The highest BCUT2D eigenvalue weighted by molar-refractivity contribution is 5.35. The minimum Gasteiger partial charge on any atom is -0.392 e. The molecule has 7 bridgehead atoms. The highest BCUT2D eigenvalue weighted by Crippen LogP contribution is 2.79. The van der Waals surface area contributed by atoms with Crippen molar-refractivity contribution in [2.75, 3.05) is 41.0 Å². The van der Waals surface area contributed by atoms with Crippen LogP contribution in [0.1, 0.15) is 32.6 Å². The second-order valence-electron chi connectivity index (χ2n) is 11.6. The highest BCUT2D eigenvalue weighted by atomic mass is 16.5. The normalized spacial score (nSPS) is 61.6. The molecule has 5 aliphatic carbocycles. The molecule has 0 unspecified atom stereocenters. The number of methoxy groups -OCH3 is 3. The van der Waals surface area contributed by atoms with Gasteiger partial charge in [0.25, 0.3) is 0 Å². The van der Waals surface area contributed by atoms with Crippen LogP contribution in [0.25, 0.3) is 0 Å². The number of rotatable bonds is 5. The Morgan fingerprint density at radius 1 is 1.06 bits per heavy atom. The van der Waals surface area contributed by atoms with E-state index in [1.54, 1.807) is 14.2 Å². The van der Waals surface area contributed by atoms with Gasteiger partial charge >= 0.3 is 0 Å². The Balaban J connectivity index is 1.62. The zero-order valence-corrected chi connectivity index (χ0v) is 19.2. The molecule has 31 heavy (non-hydrogen) atoms. The lowest BCUT2D eigenvalue weighted by Crippen LogP contribution is -2.76. The molecule has 5 saturated carbocycles. The molecule has 0 amide bonds. The van der Waals surface area contributed by atoms with Crippen LogP contribution in [0.5, 0.6) is 0 Å². The van der Waals surface area contributed by atoms with Crippen molar-refractivity contribution in [3.8, 4) is 0 Å². The summed E-state index contributed by atoms with van der Waals surface area (Å²) in [7, 11) is 5.26. The predicted molar refractivity (Wildman–Crippen MR) is 112 cm³/mol. The maximum Gasteiger partial charge on any atom is 0.0796 e. The summed E-state index contributed by atoms with van der Waals surface area (Å²) in [5.74, 6) is -0.366. The van der Waals surface area contributed by atoms with Crippen LogP contribution < -0.4 is 0 Å². The van der Waals surface area contributed by atoms with Crippen LogP contribution in [0.2, 0.25) is 0 Å². The van der Waals surface area contributed by atoms with Crippen LogP contribution in [0, 0.1) is 40.4 Å². The first-order valence-electron chi connectivity index (χ1n) is 12.2. The maximum absolute atomic E-state index is 12.4. The number of hydrogen-bond acceptors (Lipinski definition) is 7. The molecule has 0 aromatic carbocycles. The zero-order valence-electron chi connectivity index (χ0n) is 19.2. The third kappa shape index (κ3) is 2.12. The van der Waals surface area contributed by atoms with E-state index in [0.29, 0.717) is 13.0 Å². The van der Waals surface area contributed by atoms with Gasteiger partial charge in [0.15, 0.2) is 0 Å². The van der Waals surface area contributed by atoms with Crippen LogP contribution in [0.3, 0.4) is 0 Å². The lowest BCUT2D eigenvalue weighted by atomic mass is 9.43. The summed E-state index contributed by atoms with van der Waals surface area (Å²) in [4.78, 5) is 2.52. The van der Waals surface area contributed by atoms with Crippen molar-refractivity contribution in [2.45, 2.75) is 68.7 Å². The van der Waals surface area contributed by atoms with Crippen LogP contribution in [0.4, 0.5) is 0 Å². The van der Waals surface area contributed by atoms with Gasteiger partial charge in [-0.15, -0.1) is 0 Å². The van der Waals surface area contributed by atoms with Crippen molar-refractivity contribution >= 4 is 0 Å². The number of nitrogens with zero attached hydrogens (tertiary/aromatic N) is 1. The fraction of sp³-hybridized carbons (Fsp3) is 1.00. The third-order valence-electron chi connectivity index (χ3n) is 11.1. The molecule has 3 N–H and O–H groups in total. The Bertz CT molecular complexity index is 752. The number of likely N-dealkylation sites (tertiary alicyclic amines) is 1. The van der Waals surface area contributed by atoms with Gasteiger partial charge in [-0.25, -0.2) is 0 Å². The van der Waals surface area contributed by atoms with Crippen molar-refractivity contribution in [3.05, 3.63) is 0 Å². The topological polar surface area (TPSA) is 91.6 Å². The largest absolute Gasteiger partial charge is 0.392 e. The van der Waals surface area contributed by atoms with E-state index < -0.39 is 17.8 Å². The van der Waals surface area contributed by atoms with Gasteiger partial charge in [0.05, 0.1) is 36.6 Å². The summed E-state index contributed by atoms with van der Waals surface area (Å²) in [5.41, 5.74) is -1.55. The second kappa shape index (κ2) is 6.65. The van der Waals surface area contributed by atoms with E-state index in [0.717, 1.165) is 32.4 Å². The molecule has 1 aliphatic heterocycles. The standard InChI is InChI=1S/C24H39NO6/c1-5-25-10-22(11-29-2)7-6-15(31-4)24-13-8-12-14(30-3)9-23(28,16(13)18(12)26)17(21(24)25)19(27)20(22)24/h12-21,26-28H,5-11H2,1-4H3/t12-,13-,14+,15-,16-,17-,18-,19-,20+,21+,22-,23-,24-/m0/s1. The minimum atomic E-state index is -1.13. The van der Waals surface area contributed by atoms with Gasteiger partial charge in [-0.2, -0.15) is 0 Å². The fourth-order valence-corrected chi connectivity index (χ4v) is 10.7. The molecule has 1 saturated heterocycles. The molecule has 13 atom stereocenters. The number of aliphatic hydroxyl groups excluding tert-OH is 2. The Hall–Kier alpha value is -0.280. The molecule has 1 spiro atoms. The lowest BCUT2D eigenvalue weighted by molar-refractivity contribution is -0.276. The molecule has 0 radical (unpaired) electrons. The van der Waals surface area contributed by atoms with Crippen molar-refractivity contribution in [2.24, 2.45) is 40.4 Å². The first-order chi connectivity index (χ1) is 14.9. The number of piperidine rings is 1. The molecule has 7 heteroatoms. The third-order valence-corrected chi connectivity index (χ3v) is 11.1. The summed E-state index contributed by atoms with van der Waals surface area (Å²) in [6.07, 6.45) is 1.86. The number of fused-ring (bicyclic) bond motifs is 2. The smallest absolute Gasteiger partial charge is 0.0796 e. The molecule has 0 aromatic rings. The Morgan fingerprint density at radius 2 is 1.84 bits per heavy atom. The average Bonchev–Trinajstić information content (AvgIpc) is 3.14. The highest BCUT2D eigenvalue weighted by Gasteiger charge is 2.86. The number of hydrogen-bond donors (Lipinski definition) is 3. The fourth-order valence-electron chi connectivity index (χ4n) is 10.7. The van der Waals surface area contributed by atoms with Crippen molar-refractivity contribution < 1.29 is 29.5 Å². The van der Waals surface area contributed by atoms with Crippen molar-refractivity contribution in [3.63, 3.8) is 0 Å². The molecule has 6 aliphatic rings. The van der Waals surface area contributed by atoms with Crippen LogP contribution in [-0.4, -0.2) is 97.3 Å². The predicted octanol–water partition coefficient (Wildman–Crippen LogP) is 0.502. The summed E-state index contributed by atoms with van der Waals surface area (Å²) in [6.45, 7) is 4.57. The minimum absolute atomic E-state index is 0.0167. The number of aliphatic hydroxyl groups is 3. The van der Waals surface area contributed by atoms with Gasteiger partial charge in [0.2, 0.25) is 0 Å². The zero-order chi connectivity index (χ0) is 21.9. The number of ether oxygens (including phenoxy) is 3. The molecule has 0 aromatic heterocycles.